The second kappa shape index (κ2) is 18.2. The number of carbonyl (C=O) groups is 5. The molecule has 1 aromatic rings. The van der Waals surface area contributed by atoms with Gasteiger partial charge in [-0.15, -0.1) is 0 Å². The van der Waals surface area contributed by atoms with E-state index in [0.29, 0.717) is 0 Å². The van der Waals surface area contributed by atoms with Crippen LogP contribution < -0.4 is 21.3 Å². The second-order valence-electron chi connectivity index (χ2n) is 8.56. The molecule has 0 aliphatic carbocycles. The van der Waals surface area contributed by atoms with Crippen LogP contribution in [0.4, 0.5) is 0 Å². The Morgan fingerprint density at radius 2 is 1.10 bits per heavy atom. The molecule has 1 aromatic carbocycles. The molecule has 40 heavy (non-hydrogen) atoms. The smallest absolute Gasteiger partial charge is 0.317 e. The predicted molar refractivity (Wildman–Crippen MR) is 138 cm³/mol. The largest absolute Gasteiger partial charge is 0.504 e. The molecule has 0 saturated carbocycles. The van der Waals surface area contributed by atoms with Crippen LogP contribution in [-0.2, 0) is 19.2 Å². The predicted octanol–water partition coefficient (Wildman–Crippen LogP) is -3.31. The fourth-order valence-electron chi connectivity index (χ4n) is 3.35. The number of amides is 2. The van der Waals surface area contributed by atoms with Crippen molar-refractivity contribution in [3.63, 3.8) is 0 Å². The molecule has 0 bridgehead atoms. The van der Waals surface area contributed by atoms with Gasteiger partial charge in [-0.2, -0.15) is 0 Å². The number of hydrogen-bond acceptors (Lipinski definition) is 12. The van der Waals surface area contributed by atoms with E-state index in [1.165, 1.54) is 0 Å². The molecule has 2 amide bonds. The van der Waals surface area contributed by atoms with Gasteiger partial charge < -0.3 is 51.9 Å². The van der Waals surface area contributed by atoms with Crippen LogP contribution in [0.25, 0.3) is 0 Å². The zero-order valence-corrected chi connectivity index (χ0v) is 21.8. The molecule has 0 aromatic heterocycles. The van der Waals surface area contributed by atoms with Crippen molar-refractivity contribution in [3.05, 3.63) is 17.7 Å². The van der Waals surface area contributed by atoms with Gasteiger partial charge in [0.05, 0.1) is 26.2 Å². The number of carboxylic acids is 3. The van der Waals surface area contributed by atoms with E-state index in [9.17, 15) is 44.4 Å². The Balaban J connectivity index is 2.60. The lowest BCUT2D eigenvalue weighted by Gasteiger charge is -2.26. The Labute approximate surface area is 229 Å². The summed E-state index contributed by atoms with van der Waals surface area (Å²) < 4.78 is 0. The Kier molecular flexibility index (Phi) is 15.4. The summed E-state index contributed by atoms with van der Waals surface area (Å²) in [5, 5.41) is 65.5. The van der Waals surface area contributed by atoms with Gasteiger partial charge in [0, 0.05) is 57.9 Å². The zero-order chi connectivity index (χ0) is 30.1. The van der Waals surface area contributed by atoms with E-state index in [1.54, 1.807) is 9.80 Å². The SMILES string of the molecule is O=C(O)CNCCN(CCN(CCNCC(=O)O)CC(=O)NCCNC(=O)c1cc(O)c(O)c(O)c1)CC(=O)O. The third-order valence-corrected chi connectivity index (χ3v) is 5.29. The first kappa shape index (κ1) is 33.8. The average molecular weight is 573 g/mol. The summed E-state index contributed by atoms with van der Waals surface area (Å²) in [6.07, 6.45) is 0. The van der Waals surface area contributed by atoms with Crippen molar-refractivity contribution >= 4 is 29.7 Å². The van der Waals surface area contributed by atoms with Gasteiger partial charge in [-0.1, -0.05) is 0 Å². The molecule has 0 unspecified atom stereocenters. The number of nitrogens with zero attached hydrogens (tertiary/aromatic N) is 2. The minimum absolute atomic E-state index is 0.00285. The van der Waals surface area contributed by atoms with Crippen LogP contribution in [-0.4, -0.2) is 149 Å². The Bertz CT molecular complexity index is 1000. The van der Waals surface area contributed by atoms with E-state index in [2.05, 4.69) is 21.3 Å². The summed E-state index contributed by atoms with van der Waals surface area (Å²) in [5.41, 5.74) is -0.108. The molecule has 1 rings (SSSR count). The molecule has 0 heterocycles. The van der Waals surface area contributed by atoms with Crippen molar-refractivity contribution in [3.8, 4) is 17.2 Å². The molecule has 0 atom stereocenters. The molecule has 0 spiro atoms. The molecule has 17 heteroatoms. The molecular weight excluding hydrogens is 536 g/mol. The summed E-state index contributed by atoms with van der Waals surface area (Å²) in [7, 11) is 0. The van der Waals surface area contributed by atoms with Crippen molar-refractivity contribution in [2.45, 2.75) is 0 Å². The van der Waals surface area contributed by atoms with Gasteiger partial charge >= 0.3 is 17.9 Å². The van der Waals surface area contributed by atoms with Gasteiger partial charge in [-0.3, -0.25) is 33.8 Å². The van der Waals surface area contributed by atoms with Crippen molar-refractivity contribution in [2.75, 3.05) is 78.5 Å². The Morgan fingerprint density at radius 1 is 0.625 bits per heavy atom. The summed E-state index contributed by atoms with van der Waals surface area (Å²) >= 11 is 0. The number of nitrogens with one attached hydrogen (secondary N) is 4. The molecule has 224 valence electrons. The first-order valence-electron chi connectivity index (χ1n) is 12.2. The number of hydrogen-bond donors (Lipinski definition) is 10. The van der Waals surface area contributed by atoms with Crippen LogP contribution in [0.3, 0.4) is 0 Å². The highest BCUT2D eigenvalue weighted by Crippen LogP contribution is 2.35. The Morgan fingerprint density at radius 3 is 1.57 bits per heavy atom. The number of carbonyl (C=O) groups excluding carboxylic acids is 2. The monoisotopic (exact) mass is 572 g/mol. The van der Waals surface area contributed by atoms with Crippen molar-refractivity contribution in [2.24, 2.45) is 0 Å². The fourth-order valence-corrected chi connectivity index (χ4v) is 3.35. The van der Waals surface area contributed by atoms with Gasteiger partial charge in [0.2, 0.25) is 5.91 Å². The van der Waals surface area contributed by atoms with Gasteiger partial charge in [0.25, 0.3) is 5.91 Å². The topological polar surface area (TPSA) is 261 Å². The fraction of sp³-hybridized carbons (Fsp3) is 0.522. The van der Waals surface area contributed by atoms with E-state index < -0.39 is 47.0 Å². The van der Waals surface area contributed by atoms with Gasteiger partial charge in [0.1, 0.15) is 0 Å². The summed E-state index contributed by atoms with van der Waals surface area (Å²) in [4.78, 5) is 60.5. The lowest BCUT2D eigenvalue weighted by molar-refractivity contribution is -0.139. The number of benzene rings is 1. The second-order valence-corrected chi connectivity index (χ2v) is 8.56. The van der Waals surface area contributed by atoms with Crippen molar-refractivity contribution in [1.29, 1.82) is 0 Å². The van der Waals surface area contributed by atoms with Crippen LogP contribution in [0.5, 0.6) is 17.2 Å². The van der Waals surface area contributed by atoms with E-state index >= 15 is 0 Å². The highest BCUT2D eigenvalue weighted by atomic mass is 16.4. The van der Waals surface area contributed by atoms with E-state index in [4.69, 9.17) is 10.2 Å². The highest BCUT2D eigenvalue weighted by molar-refractivity contribution is 5.95. The lowest BCUT2D eigenvalue weighted by atomic mass is 10.1. The lowest BCUT2D eigenvalue weighted by Crippen LogP contribution is -2.46. The van der Waals surface area contributed by atoms with E-state index in [0.717, 1.165) is 12.1 Å². The summed E-state index contributed by atoms with van der Waals surface area (Å²) in [6.45, 7) is 0.527. The number of aromatic hydroxyl groups is 3. The molecule has 0 radical (unpaired) electrons. The normalized spacial score (nSPS) is 10.9. The first-order valence-corrected chi connectivity index (χ1v) is 12.2. The van der Waals surface area contributed by atoms with Crippen LogP contribution in [0.2, 0.25) is 0 Å². The maximum Gasteiger partial charge on any atom is 0.317 e. The molecular formula is C23H36N6O11. The van der Waals surface area contributed by atoms with Gasteiger partial charge in [-0.25, -0.2) is 0 Å². The number of phenolic OH excluding ortho intramolecular Hbond substituents is 3. The maximum atomic E-state index is 12.5. The van der Waals surface area contributed by atoms with Crippen LogP contribution >= 0.6 is 0 Å². The third-order valence-electron chi connectivity index (χ3n) is 5.29. The Hall–Kier alpha value is -4.19. The standard InChI is InChI=1S/C23H36N6O11/c30-16-9-15(10-17(31)22(16)39)23(40)27-2-1-26-18(32)13-28(5-3-24-11-19(33)34)7-8-29(14-21(37)38)6-4-25-12-20(35)36/h9-10,24-25,30-31,39H,1-8,11-14H2,(H,26,32)(H,27,40)(H,33,34)(H,35,36)(H,37,38). The van der Waals surface area contributed by atoms with E-state index in [-0.39, 0.29) is 84.1 Å². The van der Waals surface area contributed by atoms with Crippen molar-refractivity contribution < 1.29 is 54.6 Å². The minimum atomic E-state index is -1.08. The highest BCUT2D eigenvalue weighted by Gasteiger charge is 2.16. The number of carboxylic acid groups (broad SMARTS) is 3. The van der Waals surface area contributed by atoms with Gasteiger partial charge in [0.15, 0.2) is 17.2 Å². The molecule has 0 fully saturated rings. The minimum Gasteiger partial charge on any atom is -0.504 e. The third kappa shape index (κ3) is 14.7. The quantitative estimate of drug-likeness (QED) is 0.0510. The molecule has 0 aliphatic heterocycles. The van der Waals surface area contributed by atoms with Crippen molar-refractivity contribution in [1.82, 2.24) is 31.1 Å². The van der Waals surface area contributed by atoms with Crippen LogP contribution in [0.1, 0.15) is 10.4 Å². The summed E-state index contributed by atoms with van der Waals surface area (Å²) in [6, 6.07) is 1.93. The number of rotatable bonds is 21. The number of aliphatic carboxylic acids is 3. The van der Waals surface area contributed by atoms with E-state index in [1.807, 2.05) is 0 Å². The van der Waals surface area contributed by atoms with Gasteiger partial charge in [-0.05, 0) is 12.1 Å². The summed E-state index contributed by atoms with van der Waals surface area (Å²) in [5.74, 6) is -6.36. The average Bonchev–Trinajstić information content (AvgIpc) is 2.87. The molecule has 0 saturated heterocycles. The number of phenols is 3. The molecule has 17 nitrogen and oxygen atoms in total. The van der Waals surface area contributed by atoms with Crippen LogP contribution in [0, 0.1) is 0 Å². The zero-order valence-electron chi connectivity index (χ0n) is 21.8. The molecule has 10 N–H and O–H groups in total. The maximum absolute atomic E-state index is 12.5. The first-order chi connectivity index (χ1) is 18.9. The van der Waals surface area contributed by atoms with Crippen LogP contribution in [0.15, 0.2) is 12.1 Å². The molecule has 0 aliphatic rings.